The molecule has 3 heteroatoms. The second-order valence-corrected chi connectivity index (χ2v) is 5.71. The Hall–Kier alpha value is -1.09. The lowest BCUT2D eigenvalue weighted by atomic mass is 9.93. The van der Waals surface area contributed by atoms with Crippen molar-refractivity contribution in [3.8, 4) is 0 Å². The molecule has 1 N–H and O–H groups in total. The summed E-state index contributed by atoms with van der Waals surface area (Å²) in [4.78, 5) is 2.24. The molecular weight excluding hydrogens is 217 g/mol. The van der Waals surface area contributed by atoms with Gasteiger partial charge in [0.1, 0.15) is 5.82 Å². The number of hydrogen-bond donors (Lipinski definition) is 1. The molecule has 0 saturated carbocycles. The predicted molar refractivity (Wildman–Crippen MR) is 67.6 cm³/mol. The smallest absolute Gasteiger partial charge is 0.123 e. The van der Waals surface area contributed by atoms with E-state index in [1.165, 1.54) is 12.1 Å². The zero-order valence-corrected chi connectivity index (χ0v) is 10.7. The summed E-state index contributed by atoms with van der Waals surface area (Å²) in [6.45, 7) is 8.08. The number of hydrogen-bond acceptors (Lipinski definition) is 2. The van der Waals surface area contributed by atoms with Crippen molar-refractivity contribution in [2.24, 2.45) is 5.41 Å². The first kappa shape index (κ1) is 12.4. The maximum Gasteiger partial charge on any atom is 0.123 e. The molecule has 0 radical (unpaired) electrons. The van der Waals surface area contributed by atoms with Gasteiger partial charge in [0.15, 0.2) is 0 Å². The van der Waals surface area contributed by atoms with Crippen LogP contribution in [0.15, 0.2) is 18.2 Å². The molecule has 1 aliphatic rings. The Morgan fingerprint density at radius 3 is 2.65 bits per heavy atom. The Morgan fingerprint density at radius 1 is 1.41 bits per heavy atom. The van der Waals surface area contributed by atoms with Gasteiger partial charge in [-0.1, -0.05) is 13.8 Å². The zero-order chi connectivity index (χ0) is 12.6. The fourth-order valence-electron chi connectivity index (χ4n) is 2.47. The topological polar surface area (TPSA) is 23.5 Å². The molecule has 0 bridgehead atoms. The molecule has 1 aliphatic heterocycles. The second kappa shape index (κ2) is 4.30. The molecule has 2 nitrogen and oxygen atoms in total. The van der Waals surface area contributed by atoms with Gasteiger partial charge in [-0.05, 0) is 37.0 Å². The SMILES string of the molecule is C[C@H](O)c1cc(F)ccc1N1CCC(C)(C)C1. The van der Waals surface area contributed by atoms with E-state index in [1.807, 2.05) is 0 Å². The summed E-state index contributed by atoms with van der Waals surface area (Å²) in [5.74, 6) is -0.289. The van der Waals surface area contributed by atoms with Gasteiger partial charge in [-0.25, -0.2) is 4.39 Å². The third-order valence-electron chi connectivity index (χ3n) is 3.46. The van der Waals surface area contributed by atoms with Crippen LogP contribution in [0.3, 0.4) is 0 Å². The standard InChI is InChI=1S/C14H20FNO/c1-10(17)12-8-11(15)4-5-13(12)16-7-6-14(2,3)9-16/h4-5,8,10,17H,6-7,9H2,1-3H3/t10-/m0/s1. The number of rotatable bonds is 2. The second-order valence-electron chi connectivity index (χ2n) is 5.71. The van der Waals surface area contributed by atoms with Gasteiger partial charge in [-0.15, -0.1) is 0 Å². The largest absolute Gasteiger partial charge is 0.389 e. The van der Waals surface area contributed by atoms with Crippen LogP contribution in [-0.2, 0) is 0 Å². The summed E-state index contributed by atoms with van der Waals surface area (Å²) in [5.41, 5.74) is 1.94. The normalized spacial score (nSPS) is 20.6. The van der Waals surface area contributed by atoms with Crippen molar-refractivity contribution in [3.63, 3.8) is 0 Å². The third kappa shape index (κ3) is 2.60. The molecule has 1 aromatic carbocycles. The molecular formula is C14H20FNO. The van der Waals surface area contributed by atoms with Crippen LogP contribution < -0.4 is 4.90 Å². The van der Waals surface area contributed by atoms with Gasteiger partial charge in [0.25, 0.3) is 0 Å². The van der Waals surface area contributed by atoms with Gasteiger partial charge in [0.2, 0.25) is 0 Å². The predicted octanol–water partition coefficient (Wildman–Crippen LogP) is 3.12. The average Bonchev–Trinajstić information content (AvgIpc) is 2.58. The fraction of sp³-hybridized carbons (Fsp3) is 0.571. The van der Waals surface area contributed by atoms with Gasteiger partial charge >= 0.3 is 0 Å². The van der Waals surface area contributed by atoms with E-state index in [1.54, 1.807) is 13.0 Å². The highest BCUT2D eigenvalue weighted by molar-refractivity contribution is 5.55. The molecule has 94 valence electrons. The molecule has 1 heterocycles. The lowest BCUT2D eigenvalue weighted by Crippen LogP contribution is -2.24. The number of aliphatic hydroxyl groups excluding tert-OH is 1. The van der Waals surface area contributed by atoms with Crippen LogP contribution in [-0.4, -0.2) is 18.2 Å². The Kier molecular flexibility index (Phi) is 3.13. The van der Waals surface area contributed by atoms with Crippen LogP contribution >= 0.6 is 0 Å². The highest BCUT2D eigenvalue weighted by Gasteiger charge is 2.30. The number of benzene rings is 1. The van der Waals surface area contributed by atoms with Gasteiger partial charge in [-0.3, -0.25) is 0 Å². The number of anilines is 1. The summed E-state index contributed by atoms with van der Waals surface area (Å²) in [6.07, 6.45) is 0.494. The van der Waals surface area contributed by atoms with Crippen LogP contribution in [0.1, 0.15) is 38.9 Å². The molecule has 1 saturated heterocycles. The van der Waals surface area contributed by atoms with E-state index in [-0.39, 0.29) is 5.82 Å². The summed E-state index contributed by atoms with van der Waals surface area (Å²) in [7, 11) is 0. The summed E-state index contributed by atoms with van der Waals surface area (Å²) < 4.78 is 13.2. The zero-order valence-electron chi connectivity index (χ0n) is 10.7. The Balaban J connectivity index is 2.33. The van der Waals surface area contributed by atoms with E-state index in [0.717, 1.165) is 25.2 Å². The van der Waals surface area contributed by atoms with E-state index in [0.29, 0.717) is 11.0 Å². The van der Waals surface area contributed by atoms with Crippen molar-refractivity contribution in [2.75, 3.05) is 18.0 Å². The summed E-state index contributed by atoms with van der Waals surface area (Å²) >= 11 is 0. The van der Waals surface area contributed by atoms with Crippen LogP contribution in [0.25, 0.3) is 0 Å². The van der Waals surface area contributed by atoms with Crippen molar-refractivity contribution in [3.05, 3.63) is 29.6 Å². The minimum atomic E-state index is -0.635. The molecule has 1 aromatic rings. The first-order chi connectivity index (χ1) is 7.89. The Labute approximate surface area is 102 Å². The van der Waals surface area contributed by atoms with Crippen molar-refractivity contribution in [1.29, 1.82) is 0 Å². The first-order valence-electron chi connectivity index (χ1n) is 6.11. The highest BCUT2D eigenvalue weighted by atomic mass is 19.1. The average molecular weight is 237 g/mol. The molecule has 1 atom stereocenters. The molecule has 0 amide bonds. The van der Waals surface area contributed by atoms with Crippen molar-refractivity contribution in [2.45, 2.75) is 33.3 Å². The first-order valence-corrected chi connectivity index (χ1v) is 6.11. The van der Waals surface area contributed by atoms with Crippen LogP contribution in [0.5, 0.6) is 0 Å². The van der Waals surface area contributed by atoms with E-state index >= 15 is 0 Å². The minimum absolute atomic E-state index is 0.289. The number of nitrogens with zero attached hydrogens (tertiary/aromatic N) is 1. The summed E-state index contributed by atoms with van der Waals surface area (Å²) in [6, 6.07) is 4.68. The van der Waals surface area contributed by atoms with Gasteiger partial charge in [0, 0.05) is 24.3 Å². The van der Waals surface area contributed by atoms with Crippen LogP contribution in [0, 0.1) is 11.2 Å². The third-order valence-corrected chi connectivity index (χ3v) is 3.46. The highest BCUT2D eigenvalue weighted by Crippen LogP contribution is 2.36. The molecule has 0 aliphatic carbocycles. The van der Waals surface area contributed by atoms with Crippen LogP contribution in [0.2, 0.25) is 0 Å². The van der Waals surface area contributed by atoms with E-state index in [4.69, 9.17) is 0 Å². The van der Waals surface area contributed by atoms with E-state index in [2.05, 4.69) is 18.7 Å². The maximum absolute atomic E-state index is 13.2. The minimum Gasteiger partial charge on any atom is -0.389 e. The summed E-state index contributed by atoms with van der Waals surface area (Å²) in [5, 5.41) is 9.73. The Morgan fingerprint density at radius 2 is 2.12 bits per heavy atom. The Bertz CT molecular complexity index is 415. The van der Waals surface area contributed by atoms with Crippen molar-refractivity contribution < 1.29 is 9.50 Å². The quantitative estimate of drug-likeness (QED) is 0.854. The number of aliphatic hydroxyl groups is 1. The van der Waals surface area contributed by atoms with Crippen LogP contribution in [0.4, 0.5) is 10.1 Å². The molecule has 0 aromatic heterocycles. The monoisotopic (exact) mass is 237 g/mol. The molecule has 1 fully saturated rings. The molecule has 17 heavy (non-hydrogen) atoms. The lowest BCUT2D eigenvalue weighted by molar-refractivity contribution is 0.199. The molecule has 0 unspecified atom stereocenters. The fourth-order valence-corrected chi connectivity index (χ4v) is 2.47. The van der Waals surface area contributed by atoms with E-state index < -0.39 is 6.10 Å². The van der Waals surface area contributed by atoms with Gasteiger partial charge < -0.3 is 10.0 Å². The van der Waals surface area contributed by atoms with E-state index in [9.17, 15) is 9.50 Å². The molecule has 2 rings (SSSR count). The van der Waals surface area contributed by atoms with Crippen molar-refractivity contribution >= 4 is 5.69 Å². The maximum atomic E-state index is 13.2. The molecule has 0 spiro atoms. The van der Waals surface area contributed by atoms with Crippen molar-refractivity contribution in [1.82, 2.24) is 0 Å². The van der Waals surface area contributed by atoms with Gasteiger partial charge in [-0.2, -0.15) is 0 Å². The van der Waals surface area contributed by atoms with Gasteiger partial charge in [0.05, 0.1) is 6.10 Å². The number of halogens is 1. The lowest BCUT2D eigenvalue weighted by Gasteiger charge is -2.25.